The van der Waals surface area contributed by atoms with E-state index in [0.29, 0.717) is 34.1 Å². The molecule has 2 N–H and O–H groups in total. The number of nitrogens with zero attached hydrogens (tertiary/aromatic N) is 1. The Bertz CT molecular complexity index is 1020. The molecule has 0 aliphatic rings. The van der Waals surface area contributed by atoms with Crippen molar-refractivity contribution in [1.82, 2.24) is 4.98 Å². The highest BCUT2D eigenvalue weighted by molar-refractivity contribution is 9.10. The van der Waals surface area contributed by atoms with Gasteiger partial charge in [0.2, 0.25) is 0 Å². The first kappa shape index (κ1) is 20.3. The zero-order chi connectivity index (χ0) is 20.8. The number of halogens is 1. The second kappa shape index (κ2) is 9.20. The molecule has 2 aromatic carbocycles. The topological polar surface area (TPSA) is 89.5 Å². The van der Waals surface area contributed by atoms with Gasteiger partial charge in [-0.15, -0.1) is 0 Å². The van der Waals surface area contributed by atoms with Gasteiger partial charge in [-0.05, 0) is 58.4 Å². The number of hydrogen-bond donors (Lipinski definition) is 2. The van der Waals surface area contributed by atoms with E-state index in [2.05, 4.69) is 31.5 Å². The molecule has 1 aromatic heterocycles. The molecule has 29 heavy (non-hydrogen) atoms. The van der Waals surface area contributed by atoms with Crippen LogP contribution in [0, 0.1) is 0 Å². The Morgan fingerprint density at radius 3 is 2.17 bits per heavy atom. The summed E-state index contributed by atoms with van der Waals surface area (Å²) in [5.74, 6) is 0.749. The molecule has 0 radical (unpaired) electrons. The summed E-state index contributed by atoms with van der Waals surface area (Å²) in [6.07, 6.45) is 1.59. The number of hydrogen-bond acceptors (Lipinski definition) is 5. The molecule has 148 valence electrons. The predicted molar refractivity (Wildman–Crippen MR) is 114 cm³/mol. The highest BCUT2D eigenvalue weighted by Crippen LogP contribution is 2.23. The van der Waals surface area contributed by atoms with E-state index in [9.17, 15) is 9.59 Å². The number of benzene rings is 2. The smallest absolute Gasteiger partial charge is 0.256 e. The Morgan fingerprint density at radius 1 is 0.862 bits per heavy atom. The van der Waals surface area contributed by atoms with Gasteiger partial charge in [0.05, 0.1) is 14.2 Å². The molecular weight excluding hydrogens is 438 g/mol. The molecule has 2 amide bonds. The number of anilines is 2. The number of amides is 2. The summed E-state index contributed by atoms with van der Waals surface area (Å²) in [6.45, 7) is 0. The van der Waals surface area contributed by atoms with E-state index in [1.807, 2.05) is 0 Å². The van der Waals surface area contributed by atoms with Gasteiger partial charge in [-0.2, -0.15) is 0 Å². The van der Waals surface area contributed by atoms with Crippen molar-refractivity contribution in [2.75, 3.05) is 24.9 Å². The Kier molecular flexibility index (Phi) is 6.46. The lowest BCUT2D eigenvalue weighted by atomic mass is 10.1. The fourth-order valence-corrected chi connectivity index (χ4v) is 2.75. The summed E-state index contributed by atoms with van der Waals surface area (Å²) in [7, 11) is 3.03. The molecule has 0 spiro atoms. The number of carbonyl (C=O) groups is 2. The number of methoxy groups -OCH3 is 2. The number of pyridine rings is 1. The van der Waals surface area contributed by atoms with E-state index in [1.54, 1.807) is 60.8 Å². The average Bonchev–Trinajstić information content (AvgIpc) is 2.75. The van der Waals surface area contributed by atoms with Crippen LogP contribution in [0.15, 0.2) is 65.3 Å². The van der Waals surface area contributed by atoms with Gasteiger partial charge in [0.25, 0.3) is 11.8 Å². The number of aromatic nitrogens is 1. The van der Waals surface area contributed by atoms with E-state index in [-0.39, 0.29) is 11.8 Å². The van der Waals surface area contributed by atoms with E-state index in [1.165, 1.54) is 14.2 Å². The quantitative estimate of drug-likeness (QED) is 0.575. The Hall–Kier alpha value is -3.39. The second-order valence-corrected chi connectivity index (χ2v) is 6.87. The SMILES string of the molecule is COc1cc(OC)cc(C(=O)Nc2cccc(C(=O)Nc3ccc(Br)cn3)c2)c1. The van der Waals surface area contributed by atoms with Crippen LogP contribution >= 0.6 is 15.9 Å². The summed E-state index contributed by atoms with van der Waals surface area (Å²) >= 11 is 3.30. The Labute approximate surface area is 176 Å². The van der Waals surface area contributed by atoms with Gasteiger partial charge in [-0.25, -0.2) is 4.98 Å². The fourth-order valence-electron chi connectivity index (χ4n) is 2.52. The number of nitrogens with one attached hydrogen (secondary N) is 2. The molecular formula is C21H18BrN3O4. The summed E-state index contributed by atoms with van der Waals surface area (Å²) in [5, 5.41) is 5.49. The van der Waals surface area contributed by atoms with E-state index in [0.717, 1.165) is 4.47 Å². The van der Waals surface area contributed by atoms with Crippen molar-refractivity contribution in [3.63, 3.8) is 0 Å². The van der Waals surface area contributed by atoms with Gasteiger partial charge in [0.1, 0.15) is 17.3 Å². The van der Waals surface area contributed by atoms with Gasteiger partial charge in [-0.1, -0.05) is 6.07 Å². The highest BCUT2D eigenvalue weighted by Gasteiger charge is 2.12. The largest absolute Gasteiger partial charge is 0.497 e. The van der Waals surface area contributed by atoms with E-state index < -0.39 is 0 Å². The molecule has 0 aliphatic carbocycles. The minimum absolute atomic E-state index is 0.334. The molecule has 0 atom stereocenters. The molecule has 7 nitrogen and oxygen atoms in total. The van der Waals surface area contributed by atoms with Crippen molar-refractivity contribution < 1.29 is 19.1 Å². The summed E-state index contributed by atoms with van der Waals surface area (Å²) in [5.41, 5.74) is 1.24. The van der Waals surface area contributed by atoms with E-state index >= 15 is 0 Å². The number of ether oxygens (including phenoxy) is 2. The van der Waals surface area contributed by atoms with Crippen LogP contribution in [0.25, 0.3) is 0 Å². The standard InChI is InChI=1S/C21H18BrN3O4/c1-28-17-9-14(10-18(11-17)29-2)21(27)24-16-5-3-4-13(8-16)20(26)25-19-7-6-15(22)12-23-19/h3-12H,1-2H3,(H,24,27)(H,23,25,26). The number of rotatable bonds is 6. The van der Waals surface area contributed by atoms with Crippen LogP contribution < -0.4 is 20.1 Å². The molecule has 1 heterocycles. The Balaban J connectivity index is 1.74. The lowest BCUT2D eigenvalue weighted by molar-refractivity contribution is 0.101. The maximum Gasteiger partial charge on any atom is 0.256 e. The maximum atomic E-state index is 12.6. The van der Waals surface area contributed by atoms with Crippen LogP contribution in [-0.4, -0.2) is 31.0 Å². The molecule has 0 bridgehead atoms. The van der Waals surface area contributed by atoms with Crippen molar-refractivity contribution in [1.29, 1.82) is 0 Å². The third kappa shape index (κ3) is 5.32. The zero-order valence-electron chi connectivity index (χ0n) is 15.7. The summed E-state index contributed by atoms with van der Waals surface area (Å²) < 4.78 is 11.2. The lowest BCUT2D eigenvalue weighted by Crippen LogP contribution is -2.15. The molecule has 0 saturated carbocycles. The summed E-state index contributed by atoms with van der Waals surface area (Å²) in [6, 6.07) is 15.0. The third-order valence-electron chi connectivity index (χ3n) is 3.97. The lowest BCUT2D eigenvalue weighted by Gasteiger charge is -2.10. The summed E-state index contributed by atoms with van der Waals surface area (Å²) in [4.78, 5) is 29.2. The van der Waals surface area contributed by atoms with Crippen molar-refractivity contribution in [2.24, 2.45) is 0 Å². The van der Waals surface area contributed by atoms with Gasteiger partial charge in [0.15, 0.2) is 0 Å². The van der Waals surface area contributed by atoms with Crippen LogP contribution in [0.3, 0.4) is 0 Å². The van der Waals surface area contributed by atoms with Gasteiger partial charge in [0, 0.05) is 33.6 Å². The molecule has 0 saturated heterocycles. The molecule has 0 fully saturated rings. The van der Waals surface area contributed by atoms with Crippen molar-refractivity contribution in [3.05, 3.63) is 76.4 Å². The van der Waals surface area contributed by atoms with Crippen molar-refractivity contribution >= 4 is 39.2 Å². The monoisotopic (exact) mass is 455 g/mol. The minimum atomic E-state index is -0.352. The first-order valence-corrected chi connectivity index (χ1v) is 9.35. The molecule has 3 aromatic rings. The third-order valence-corrected chi connectivity index (χ3v) is 4.43. The zero-order valence-corrected chi connectivity index (χ0v) is 17.3. The average molecular weight is 456 g/mol. The van der Waals surface area contributed by atoms with Crippen molar-refractivity contribution in [3.8, 4) is 11.5 Å². The van der Waals surface area contributed by atoms with E-state index in [4.69, 9.17) is 9.47 Å². The second-order valence-electron chi connectivity index (χ2n) is 5.95. The van der Waals surface area contributed by atoms with Crippen LogP contribution in [0.4, 0.5) is 11.5 Å². The first-order valence-electron chi connectivity index (χ1n) is 8.56. The van der Waals surface area contributed by atoms with Crippen LogP contribution in [-0.2, 0) is 0 Å². The molecule has 0 unspecified atom stereocenters. The Morgan fingerprint density at radius 2 is 1.55 bits per heavy atom. The first-order chi connectivity index (χ1) is 14.0. The number of carbonyl (C=O) groups excluding carboxylic acids is 2. The normalized spacial score (nSPS) is 10.2. The van der Waals surface area contributed by atoms with Gasteiger partial charge < -0.3 is 20.1 Å². The minimum Gasteiger partial charge on any atom is -0.497 e. The maximum absolute atomic E-state index is 12.6. The molecule has 0 aliphatic heterocycles. The van der Waals surface area contributed by atoms with Crippen LogP contribution in [0.1, 0.15) is 20.7 Å². The van der Waals surface area contributed by atoms with Crippen LogP contribution in [0.5, 0.6) is 11.5 Å². The molecule has 8 heteroatoms. The van der Waals surface area contributed by atoms with Gasteiger partial charge >= 0.3 is 0 Å². The fraction of sp³-hybridized carbons (Fsp3) is 0.0952. The highest BCUT2D eigenvalue weighted by atomic mass is 79.9. The molecule has 3 rings (SSSR count). The van der Waals surface area contributed by atoms with Gasteiger partial charge in [-0.3, -0.25) is 9.59 Å². The van der Waals surface area contributed by atoms with Crippen molar-refractivity contribution in [2.45, 2.75) is 0 Å². The van der Waals surface area contributed by atoms with Crippen LogP contribution in [0.2, 0.25) is 0 Å². The predicted octanol–water partition coefficient (Wildman–Crippen LogP) is 4.37.